The normalized spacial score (nSPS) is 11.8. The molecule has 31 heavy (non-hydrogen) atoms. The summed E-state index contributed by atoms with van der Waals surface area (Å²) in [7, 11) is 1.75. The van der Waals surface area contributed by atoms with Gasteiger partial charge in [0, 0.05) is 24.9 Å². The highest BCUT2D eigenvalue weighted by Gasteiger charge is 2.24. The minimum absolute atomic E-state index is 0.131. The van der Waals surface area contributed by atoms with Gasteiger partial charge < -0.3 is 5.32 Å². The fourth-order valence-electron chi connectivity index (χ4n) is 3.54. The fraction of sp³-hybridized carbons (Fsp3) is 0.136. The van der Waals surface area contributed by atoms with Crippen LogP contribution in [0.25, 0.3) is 11.3 Å². The predicted octanol–water partition coefficient (Wildman–Crippen LogP) is 4.43. The minimum atomic E-state index is -0.734. The number of nitrogens with one attached hydrogen (secondary N) is 1. The second-order valence-corrected chi connectivity index (χ2v) is 6.99. The zero-order valence-corrected chi connectivity index (χ0v) is 16.9. The average molecular weight is 418 g/mol. The Kier molecular flexibility index (Phi) is 5.40. The summed E-state index contributed by atoms with van der Waals surface area (Å²) in [6.07, 6.45) is 1.49. The fourth-order valence-corrected chi connectivity index (χ4v) is 3.54. The van der Waals surface area contributed by atoms with Gasteiger partial charge in [0.25, 0.3) is 5.69 Å². The zero-order chi connectivity index (χ0) is 22.0. The number of hydrogen-bond acceptors (Lipinski definition) is 6. The molecule has 156 valence electrons. The van der Waals surface area contributed by atoms with E-state index in [1.54, 1.807) is 23.9 Å². The Hall–Kier alpha value is -4.14. The van der Waals surface area contributed by atoms with E-state index in [1.165, 1.54) is 24.4 Å². The molecule has 1 N–H and O–H groups in total. The Morgan fingerprint density at radius 2 is 1.90 bits per heavy atom. The number of pyridine rings is 1. The number of halogens is 1. The number of nitro groups is 1. The van der Waals surface area contributed by atoms with Gasteiger partial charge in [-0.05, 0) is 36.8 Å². The maximum absolute atomic E-state index is 14.6. The summed E-state index contributed by atoms with van der Waals surface area (Å²) in [6, 6.07) is 15.9. The molecule has 0 saturated carbocycles. The molecule has 8 nitrogen and oxygen atoms in total. The largest absolute Gasteiger partial charge is 0.367 e. The van der Waals surface area contributed by atoms with E-state index in [0.717, 1.165) is 11.3 Å². The topological polar surface area (TPSA) is 98.8 Å². The lowest BCUT2D eigenvalue weighted by Crippen LogP contribution is -2.16. The highest BCUT2D eigenvalue weighted by Crippen LogP contribution is 2.35. The second kappa shape index (κ2) is 8.31. The molecule has 0 aliphatic carbocycles. The van der Waals surface area contributed by atoms with E-state index in [4.69, 9.17) is 0 Å². The summed E-state index contributed by atoms with van der Waals surface area (Å²) in [5.41, 5.74) is 3.10. The van der Waals surface area contributed by atoms with Crippen molar-refractivity contribution in [1.29, 1.82) is 0 Å². The van der Waals surface area contributed by atoms with Crippen molar-refractivity contribution in [3.05, 3.63) is 99.7 Å². The summed E-state index contributed by atoms with van der Waals surface area (Å²) in [4.78, 5) is 15.4. The number of rotatable bonds is 6. The number of nitro benzene ring substituents is 1. The number of nitrogens with zero attached hydrogens (tertiary/aromatic N) is 5. The van der Waals surface area contributed by atoms with Crippen molar-refractivity contribution < 1.29 is 9.31 Å². The highest BCUT2D eigenvalue weighted by atomic mass is 19.1. The van der Waals surface area contributed by atoms with Gasteiger partial charge in [0.15, 0.2) is 0 Å². The molecule has 4 aromatic rings. The van der Waals surface area contributed by atoms with Crippen LogP contribution in [0.4, 0.5) is 15.8 Å². The van der Waals surface area contributed by atoms with Crippen LogP contribution in [0, 0.1) is 22.9 Å². The lowest BCUT2D eigenvalue weighted by atomic mass is 10.0. The van der Waals surface area contributed by atoms with E-state index >= 15 is 0 Å². The molecule has 1 unspecified atom stereocenters. The molecule has 0 radical (unpaired) electrons. The minimum Gasteiger partial charge on any atom is -0.367 e. The molecule has 2 heterocycles. The predicted molar refractivity (Wildman–Crippen MR) is 114 cm³/mol. The van der Waals surface area contributed by atoms with E-state index in [1.807, 2.05) is 37.3 Å². The number of aryl methyl sites for hydroxylation is 2. The molecule has 1 atom stereocenters. The Morgan fingerprint density at radius 3 is 2.55 bits per heavy atom. The lowest BCUT2D eigenvalue weighted by molar-refractivity contribution is -0.384. The number of aromatic nitrogens is 4. The third kappa shape index (κ3) is 3.97. The van der Waals surface area contributed by atoms with Crippen molar-refractivity contribution >= 4 is 11.4 Å². The van der Waals surface area contributed by atoms with Crippen LogP contribution in [0.3, 0.4) is 0 Å². The first kappa shape index (κ1) is 20.1. The number of benzene rings is 2. The second-order valence-electron chi connectivity index (χ2n) is 6.99. The van der Waals surface area contributed by atoms with Gasteiger partial charge in [0.1, 0.15) is 17.2 Å². The molecule has 2 aromatic heterocycles. The van der Waals surface area contributed by atoms with Crippen LogP contribution in [0.2, 0.25) is 0 Å². The van der Waals surface area contributed by atoms with E-state index in [9.17, 15) is 14.5 Å². The average Bonchev–Trinajstić information content (AvgIpc) is 3.11. The standard InChI is InChI=1S/C22H19FN6O2/c1-14-22(28(2)27-26-14)16-10-11-19(29(30)31)18(13-16)25-20(15-7-4-3-5-8-15)21-17(23)9-6-12-24-21/h3-13,20,25H,1-2H3. The molecule has 0 aliphatic rings. The monoisotopic (exact) mass is 418 g/mol. The van der Waals surface area contributed by atoms with Gasteiger partial charge in [0.2, 0.25) is 0 Å². The molecule has 0 saturated heterocycles. The Balaban J connectivity index is 1.85. The van der Waals surface area contributed by atoms with Crippen molar-refractivity contribution in [3.63, 3.8) is 0 Å². The maximum atomic E-state index is 14.6. The number of anilines is 1. The first-order valence-corrected chi connectivity index (χ1v) is 9.52. The first-order chi connectivity index (χ1) is 15.0. The molecule has 0 fully saturated rings. The van der Waals surface area contributed by atoms with Gasteiger partial charge in [-0.1, -0.05) is 35.5 Å². The SMILES string of the molecule is Cc1nnn(C)c1-c1ccc([N+](=O)[O-])c(NC(c2ccccc2)c2ncccc2F)c1. The van der Waals surface area contributed by atoms with Crippen LogP contribution in [-0.2, 0) is 7.05 Å². The van der Waals surface area contributed by atoms with Crippen molar-refractivity contribution in [2.24, 2.45) is 7.05 Å². The zero-order valence-electron chi connectivity index (χ0n) is 16.9. The van der Waals surface area contributed by atoms with Gasteiger partial charge in [-0.25, -0.2) is 9.07 Å². The van der Waals surface area contributed by atoms with Crippen molar-refractivity contribution in [1.82, 2.24) is 20.0 Å². The Bertz CT molecular complexity index is 1220. The van der Waals surface area contributed by atoms with Crippen molar-refractivity contribution in [3.8, 4) is 11.3 Å². The van der Waals surface area contributed by atoms with Gasteiger partial charge in [-0.2, -0.15) is 0 Å². The van der Waals surface area contributed by atoms with Crippen LogP contribution in [-0.4, -0.2) is 24.9 Å². The van der Waals surface area contributed by atoms with Gasteiger partial charge in [-0.3, -0.25) is 15.1 Å². The molecular formula is C22H19FN6O2. The summed E-state index contributed by atoms with van der Waals surface area (Å²) < 4.78 is 16.2. The summed E-state index contributed by atoms with van der Waals surface area (Å²) in [5.74, 6) is -0.505. The molecule has 2 aromatic carbocycles. The van der Waals surface area contributed by atoms with Crippen LogP contribution >= 0.6 is 0 Å². The van der Waals surface area contributed by atoms with Gasteiger partial charge in [-0.15, -0.1) is 5.10 Å². The maximum Gasteiger partial charge on any atom is 0.292 e. The van der Waals surface area contributed by atoms with E-state index < -0.39 is 16.8 Å². The van der Waals surface area contributed by atoms with Crippen LogP contribution in [0.5, 0.6) is 0 Å². The molecule has 4 rings (SSSR count). The van der Waals surface area contributed by atoms with E-state index in [-0.39, 0.29) is 17.1 Å². The van der Waals surface area contributed by atoms with E-state index in [0.29, 0.717) is 11.3 Å². The van der Waals surface area contributed by atoms with Crippen LogP contribution in [0.1, 0.15) is 23.0 Å². The number of hydrogen-bond donors (Lipinski definition) is 1. The molecule has 0 aliphatic heterocycles. The highest BCUT2D eigenvalue weighted by molar-refractivity contribution is 5.74. The van der Waals surface area contributed by atoms with Crippen molar-refractivity contribution in [2.75, 3.05) is 5.32 Å². The van der Waals surface area contributed by atoms with Gasteiger partial charge >= 0.3 is 0 Å². The third-order valence-electron chi connectivity index (χ3n) is 4.96. The molecule has 9 heteroatoms. The lowest BCUT2D eigenvalue weighted by Gasteiger charge is -2.21. The first-order valence-electron chi connectivity index (χ1n) is 9.52. The molecular weight excluding hydrogens is 399 g/mol. The van der Waals surface area contributed by atoms with Gasteiger partial charge in [0.05, 0.1) is 22.4 Å². The van der Waals surface area contributed by atoms with Crippen molar-refractivity contribution in [2.45, 2.75) is 13.0 Å². The van der Waals surface area contributed by atoms with Crippen LogP contribution < -0.4 is 5.32 Å². The summed E-state index contributed by atoms with van der Waals surface area (Å²) in [5, 5.41) is 22.9. The van der Waals surface area contributed by atoms with E-state index in [2.05, 4.69) is 20.6 Å². The third-order valence-corrected chi connectivity index (χ3v) is 4.96. The molecule has 0 spiro atoms. The summed E-state index contributed by atoms with van der Waals surface area (Å²) >= 11 is 0. The molecule has 0 bridgehead atoms. The molecule has 0 amide bonds. The quantitative estimate of drug-likeness (QED) is 0.367. The smallest absolute Gasteiger partial charge is 0.292 e. The van der Waals surface area contributed by atoms with Crippen LogP contribution in [0.15, 0.2) is 66.9 Å². The Morgan fingerprint density at radius 1 is 1.13 bits per heavy atom. The summed E-state index contributed by atoms with van der Waals surface area (Å²) in [6.45, 7) is 1.81. The Labute approximate surface area is 177 Å².